The lowest BCUT2D eigenvalue weighted by atomic mass is 10.1. The van der Waals surface area contributed by atoms with Crippen LogP contribution in [0.1, 0.15) is 16.7 Å². The largest absolute Gasteiger partial charge is 0.369 e. The van der Waals surface area contributed by atoms with E-state index in [-0.39, 0.29) is 5.96 Å². The lowest BCUT2D eigenvalue weighted by Gasteiger charge is -2.03. The van der Waals surface area contributed by atoms with E-state index in [0.717, 1.165) is 16.7 Å². The molecule has 0 aliphatic rings. The van der Waals surface area contributed by atoms with Gasteiger partial charge in [0.2, 0.25) is 5.96 Å². The predicted octanol–water partition coefficient (Wildman–Crippen LogP) is 1.56. The van der Waals surface area contributed by atoms with Gasteiger partial charge < -0.3 is 11.5 Å². The molecule has 0 saturated heterocycles. The fourth-order valence-electron chi connectivity index (χ4n) is 1.23. The predicted molar refractivity (Wildman–Crippen MR) is 64.3 cm³/mol. The van der Waals surface area contributed by atoms with Gasteiger partial charge in [0, 0.05) is 5.56 Å². The normalized spacial score (nSPS) is 10.6. The third kappa shape index (κ3) is 3.25. The Bertz CT molecular complexity index is 420. The summed E-state index contributed by atoms with van der Waals surface area (Å²) in [4.78, 5) is 0. The maximum Gasteiger partial charge on any atom is 0.211 e. The van der Waals surface area contributed by atoms with Crippen LogP contribution in [-0.4, -0.2) is 12.2 Å². The van der Waals surface area contributed by atoms with Gasteiger partial charge in [-0.25, -0.2) is 0 Å². The zero-order chi connectivity index (χ0) is 11.4. The first-order valence-electron chi connectivity index (χ1n) is 4.39. The van der Waals surface area contributed by atoms with Gasteiger partial charge in [-0.1, -0.05) is 23.2 Å². The van der Waals surface area contributed by atoms with E-state index in [1.54, 1.807) is 0 Å². The number of rotatable bonds is 2. The van der Waals surface area contributed by atoms with Crippen LogP contribution in [0.25, 0.3) is 0 Å². The van der Waals surface area contributed by atoms with Gasteiger partial charge in [-0.15, -0.1) is 5.10 Å². The third-order valence-electron chi connectivity index (χ3n) is 1.80. The van der Waals surface area contributed by atoms with Crippen molar-refractivity contribution < 1.29 is 0 Å². The fourth-order valence-corrected chi connectivity index (χ4v) is 1.39. The summed E-state index contributed by atoms with van der Waals surface area (Å²) in [5.41, 5.74) is 13.2. The van der Waals surface area contributed by atoms with Gasteiger partial charge in [0.25, 0.3) is 0 Å². The van der Waals surface area contributed by atoms with Crippen LogP contribution >= 0.6 is 11.6 Å². The standard InChI is InChI=1S/C10H13ClN4/c1-6-3-7(2)9(11)8(4-6)5-14-15-10(12)13/h3-5H,1-2H3,(H4,12,13,15). The molecule has 0 amide bonds. The highest BCUT2D eigenvalue weighted by Gasteiger charge is 2.01. The molecule has 1 rings (SSSR count). The minimum absolute atomic E-state index is 0.0771. The van der Waals surface area contributed by atoms with Crippen LogP contribution in [0.3, 0.4) is 0 Å². The van der Waals surface area contributed by atoms with Gasteiger partial charge in [0.1, 0.15) is 0 Å². The summed E-state index contributed by atoms with van der Waals surface area (Å²) in [6.07, 6.45) is 1.53. The van der Waals surface area contributed by atoms with E-state index in [0.29, 0.717) is 5.02 Å². The minimum Gasteiger partial charge on any atom is -0.369 e. The van der Waals surface area contributed by atoms with E-state index in [1.165, 1.54) is 6.21 Å². The number of aryl methyl sites for hydroxylation is 2. The first kappa shape index (κ1) is 11.5. The van der Waals surface area contributed by atoms with Crippen LogP contribution in [0.15, 0.2) is 22.3 Å². The molecule has 4 nitrogen and oxygen atoms in total. The topological polar surface area (TPSA) is 76.8 Å². The lowest BCUT2D eigenvalue weighted by molar-refractivity contribution is 1.21. The van der Waals surface area contributed by atoms with Crippen molar-refractivity contribution in [2.45, 2.75) is 13.8 Å². The van der Waals surface area contributed by atoms with Crippen LogP contribution in [0.5, 0.6) is 0 Å². The van der Waals surface area contributed by atoms with Crippen LogP contribution in [-0.2, 0) is 0 Å². The molecule has 0 atom stereocenters. The molecule has 0 bridgehead atoms. The Morgan fingerprint density at radius 3 is 2.60 bits per heavy atom. The molecule has 0 spiro atoms. The molecule has 0 heterocycles. The van der Waals surface area contributed by atoms with Crippen molar-refractivity contribution in [2.24, 2.45) is 21.7 Å². The van der Waals surface area contributed by atoms with E-state index >= 15 is 0 Å². The van der Waals surface area contributed by atoms with Gasteiger partial charge in [0.15, 0.2) is 0 Å². The maximum absolute atomic E-state index is 6.08. The summed E-state index contributed by atoms with van der Waals surface area (Å²) in [6, 6.07) is 3.92. The second-order valence-electron chi connectivity index (χ2n) is 3.25. The summed E-state index contributed by atoms with van der Waals surface area (Å²) in [6.45, 7) is 3.93. The zero-order valence-electron chi connectivity index (χ0n) is 8.66. The molecule has 1 aromatic rings. The van der Waals surface area contributed by atoms with Crippen molar-refractivity contribution in [3.8, 4) is 0 Å². The number of hydrogen-bond acceptors (Lipinski definition) is 2. The van der Waals surface area contributed by atoms with E-state index in [1.807, 2.05) is 26.0 Å². The average Bonchev–Trinajstić information content (AvgIpc) is 2.12. The van der Waals surface area contributed by atoms with Crippen molar-refractivity contribution in [2.75, 3.05) is 0 Å². The Balaban J connectivity index is 3.05. The SMILES string of the molecule is Cc1cc(C)c(Cl)c(C=NN=C(N)N)c1. The molecule has 15 heavy (non-hydrogen) atoms. The highest BCUT2D eigenvalue weighted by atomic mass is 35.5. The molecular formula is C10H13ClN4. The molecule has 0 aromatic heterocycles. The van der Waals surface area contributed by atoms with E-state index in [9.17, 15) is 0 Å². The summed E-state index contributed by atoms with van der Waals surface area (Å²) < 4.78 is 0. The fraction of sp³-hybridized carbons (Fsp3) is 0.200. The minimum atomic E-state index is -0.0771. The average molecular weight is 225 g/mol. The highest BCUT2D eigenvalue weighted by molar-refractivity contribution is 6.33. The molecule has 4 N–H and O–H groups in total. The molecule has 0 fully saturated rings. The Morgan fingerprint density at radius 2 is 2.00 bits per heavy atom. The number of halogens is 1. The molecule has 0 unspecified atom stereocenters. The second-order valence-corrected chi connectivity index (χ2v) is 3.63. The molecular weight excluding hydrogens is 212 g/mol. The van der Waals surface area contributed by atoms with Crippen molar-refractivity contribution in [3.05, 3.63) is 33.8 Å². The van der Waals surface area contributed by atoms with Gasteiger partial charge in [-0.3, -0.25) is 0 Å². The molecule has 1 aromatic carbocycles. The van der Waals surface area contributed by atoms with E-state index < -0.39 is 0 Å². The summed E-state index contributed by atoms with van der Waals surface area (Å²) >= 11 is 6.08. The smallest absolute Gasteiger partial charge is 0.211 e. The molecule has 80 valence electrons. The van der Waals surface area contributed by atoms with Crippen molar-refractivity contribution >= 4 is 23.8 Å². The Labute approximate surface area is 93.6 Å². The number of benzene rings is 1. The Morgan fingerprint density at radius 1 is 1.33 bits per heavy atom. The molecule has 0 saturated carbocycles. The molecule has 5 heteroatoms. The van der Waals surface area contributed by atoms with Gasteiger partial charge >= 0.3 is 0 Å². The van der Waals surface area contributed by atoms with Gasteiger partial charge in [-0.2, -0.15) is 5.10 Å². The summed E-state index contributed by atoms with van der Waals surface area (Å²) in [5, 5.41) is 7.88. The summed E-state index contributed by atoms with van der Waals surface area (Å²) in [7, 11) is 0. The van der Waals surface area contributed by atoms with Crippen LogP contribution in [0, 0.1) is 13.8 Å². The highest BCUT2D eigenvalue weighted by Crippen LogP contribution is 2.20. The molecule has 0 aliphatic carbocycles. The van der Waals surface area contributed by atoms with Crippen LogP contribution < -0.4 is 11.5 Å². The number of guanidine groups is 1. The first-order chi connectivity index (χ1) is 7.00. The van der Waals surface area contributed by atoms with Crippen molar-refractivity contribution in [3.63, 3.8) is 0 Å². The van der Waals surface area contributed by atoms with Crippen molar-refractivity contribution in [1.82, 2.24) is 0 Å². The Kier molecular flexibility index (Phi) is 3.68. The van der Waals surface area contributed by atoms with E-state index in [4.69, 9.17) is 23.1 Å². The maximum atomic E-state index is 6.08. The molecule has 0 aliphatic heterocycles. The van der Waals surface area contributed by atoms with Gasteiger partial charge in [0.05, 0.1) is 11.2 Å². The zero-order valence-corrected chi connectivity index (χ0v) is 9.42. The number of hydrogen-bond donors (Lipinski definition) is 2. The van der Waals surface area contributed by atoms with Crippen LogP contribution in [0.2, 0.25) is 5.02 Å². The second kappa shape index (κ2) is 4.79. The van der Waals surface area contributed by atoms with Crippen LogP contribution in [0.4, 0.5) is 0 Å². The monoisotopic (exact) mass is 224 g/mol. The van der Waals surface area contributed by atoms with Gasteiger partial charge in [-0.05, 0) is 25.5 Å². The number of nitrogens with two attached hydrogens (primary N) is 2. The lowest BCUT2D eigenvalue weighted by Crippen LogP contribution is -2.21. The molecule has 0 radical (unpaired) electrons. The Hall–Kier alpha value is -1.55. The summed E-state index contributed by atoms with van der Waals surface area (Å²) in [5.74, 6) is -0.0771. The van der Waals surface area contributed by atoms with E-state index in [2.05, 4.69) is 10.2 Å². The number of nitrogens with zero attached hydrogens (tertiary/aromatic N) is 2. The first-order valence-corrected chi connectivity index (χ1v) is 4.77. The van der Waals surface area contributed by atoms with Crippen molar-refractivity contribution in [1.29, 1.82) is 0 Å². The third-order valence-corrected chi connectivity index (χ3v) is 2.31. The quantitative estimate of drug-likeness (QED) is 0.454.